The third-order valence-corrected chi connectivity index (χ3v) is 6.82. The highest BCUT2D eigenvalue weighted by Gasteiger charge is 2.47. The molecule has 1 saturated heterocycles. The van der Waals surface area contributed by atoms with Crippen LogP contribution in [0.25, 0.3) is 5.76 Å². The van der Waals surface area contributed by atoms with Crippen LogP contribution < -0.4 is 23.8 Å². The van der Waals surface area contributed by atoms with E-state index in [1.165, 1.54) is 19.1 Å². The fourth-order valence-electron chi connectivity index (χ4n) is 4.83. The van der Waals surface area contributed by atoms with Gasteiger partial charge in [0.2, 0.25) is 0 Å². The molecule has 0 aromatic heterocycles. The van der Waals surface area contributed by atoms with Gasteiger partial charge in [-0.25, -0.2) is 0 Å². The number of rotatable bonds is 10. The van der Waals surface area contributed by atoms with Gasteiger partial charge < -0.3 is 24.1 Å². The molecule has 1 amide bonds. The highest BCUT2D eigenvalue weighted by molar-refractivity contribution is 6.51. The van der Waals surface area contributed by atoms with Crippen LogP contribution >= 0.6 is 0 Å². The minimum absolute atomic E-state index is 0.0599. The summed E-state index contributed by atoms with van der Waals surface area (Å²) >= 11 is 0. The molecule has 0 aliphatic carbocycles. The Labute approximate surface area is 234 Å². The van der Waals surface area contributed by atoms with Crippen LogP contribution in [0.15, 0.2) is 66.2 Å². The molecule has 1 unspecified atom stereocenters. The zero-order valence-corrected chi connectivity index (χ0v) is 23.7. The Bertz CT molecular complexity index is 1430. The van der Waals surface area contributed by atoms with E-state index in [2.05, 4.69) is 13.8 Å². The fourth-order valence-corrected chi connectivity index (χ4v) is 4.83. The minimum atomic E-state index is -0.939. The fraction of sp³-hybridized carbons (Fsp3) is 0.312. The number of anilines is 1. The number of nitrogens with zero attached hydrogens (tertiary/aromatic N) is 1. The Morgan fingerprint density at radius 2 is 1.52 bits per heavy atom. The summed E-state index contributed by atoms with van der Waals surface area (Å²) in [5.41, 5.74) is 2.41. The number of ether oxygens (including phenoxy) is 4. The summed E-state index contributed by atoms with van der Waals surface area (Å²) in [4.78, 5) is 28.7. The SMILES string of the molecule is CCOc1ccc(/C(O)=C2\C(=O)C(=O)N(c3ccc(C(C)C)cc3)C2c2ccc(OC)c(OC)c2)c(OCC)c1. The molecule has 0 radical (unpaired) electrons. The second-order valence-corrected chi connectivity index (χ2v) is 9.55. The lowest BCUT2D eigenvalue weighted by Crippen LogP contribution is -2.29. The predicted octanol–water partition coefficient (Wildman–Crippen LogP) is 6.25. The number of carbonyl (C=O) groups excluding carboxylic acids is 2. The van der Waals surface area contributed by atoms with Gasteiger partial charge in [0.15, 0.2) is 11.5 Å². The van der Waals surface area contributed by atoms with E-state index in [9.17, 15) is 14.7 Å². The van der Waals surface area contributed by atoms with Crippen molar-refractivity contribution in [1.29, 1.82) is 0 Å². The second kappa shape index (κ2) is 12.2. The Balaban J connectivity index is 1.96. The van der Waals surface area contributed by atoms with E-state index in [1.807, 2.05) is 38.1 Å². The van der Waals surface area contributed by atoms with Gasteiger partial charge in [-0.05, 0) is 67.3 Å². The number of hydrogen-bond acceptors (Lipinski definition) is 7. The van der Waals surface area contributed by atoms with Crippen LogP contribution in [0.2, 0.25) is 0 Å². The van der Waals surface area contributed by atoms with Gasteiger partial charge in [0.05, 0.1) is 44.6 Å². The van der Waals surface area contributed by atoms with Gasteiger partial charge in [0, 0.05) is 11.8 Å². The molecule has 1 fully saturated rings. The number of Topliss-reactive ketones (excluding diaryl/α,β-unsaturated/α-hetero) is 1. The van der Waals surface area contributed by atoms with Crippen molar-refractivity contribution in [2.24, 2.45) is 0 Å². The van der Waals surface area contributed by atoms with Crippen molar-refractivity contribution in [2.45, 2.75) is 39.7 Å². The second-order valence-electron chi connectivity index (χ2n) is 9.55. The average molecular weight is 546 g/mol. The smallest absolute Gasteiger partial charge is 0.300 e. The van der Waals surface area contributed by atoms with Crippen LogP contribution in [-0.4, -0.2) is 44.2 Å². The van der Waals surface area contributed by atoms with Gasteiger partial charge in [0.1, 0.15) is 17.3 Å². The predicted molar refractivity (Wildman–Crippen MR) is 154 cm³/mol. The van der Waals surface area contributed by atoms with E-state index in [4.69, 9.17) is 18.9 Å². The first-order chi connectivity index (χ1) is 19.2. The van der Waals surface area contributed by atoms with Crippen molar-refractivity contribution in [3.05, 3.63) is 82.9 Å². The first-order valence-corrected chi connectivity index (χ1v) is 13.3. The lowest BCUT2D eigenvalue weighted by Gasteiger charge is -2.26. The zero-order valence-electron chi connectivity index (χ0n) is 23.7. The average Bonchev–Trinajstić information content (AvgIpc) is 3.22. The summed E-state index contributed by atoms with van der Waals surface area (Å²) in [5, 5.41) is 11.7. The molecule has 40 heavy (non-hydrogen) atoms. The lowest BCUT2D eigenvalue weighted by atomic mass is 9.94. The topological polar surface area (TPSA) is 94.5 Å². The van der Waals surface area contributed by atoms with Crippen molar-refractivity contribution >= 4 is 23.1 Å². The van der Waals surface area contributed by atoms with E-state index in [-0.39, 0.29) is 16.9 Å². The van der Waals surface area contributed by atoms with Crippen LogP contribution in [0.1, 0.15) is 56.3 Å². The number of aliphatic hydroxyl groups is 1. The minimum Gasteiger partial charge on any atom is -0.507 e. The van der Waals surface area contributed by atoms with Crippen molar-refractivity contribution in [1.82, 2.24) is 0 Å². The third-order valence-electron chi connectivity index (χ3n) is 6.82. The van der Waals surface area contributed by atoms with E-state index >= 15 is 0 Å². The van der Waals surface area contributed by atoms with Gasteiger partial charge in [-0.3, -0.25) is 14.5 Å². The first-order valence-electron chi connectivity index (χ1n) is 13.3. The summed E-state index contributed by atoms with van der Waals surface area (Å²) in [7, 11) is 3.04. The summed E-state index contributed by atoms with van der Waals surface area (Å²) in [6.07, 6.45) is 0. The quantitative estimate of drug-likeness (QED) is 0.183. The number of carbonyl (C=O) groups is 2. The first kappa shape index (κ1) is 28.5. The molecule has 1 atom stereocenters. The molecule has 0 saturated carbocycles. The van der Waals surface area contributed by atoms with Crippen LogP contribution in [0.3, 0.4) is 0 Å². The van der Waals surface area contributed by atoms with Gasteiger partial charge >= 0.3 is 0 Å². The maximum atomic E-state index is 13.6. The molecule has 8 heteroatoms. The molecule has 3 aromatic carbocycles. The molecular weight excluding hydrogens is 510 g/mol. The van der Waals surface area contributed by atoms with Gasteiger partial charge in [-0.15, -0.1) is 0 Å². The number of aliphatic hydroxyl groups excluding tert-OH is 1. The van der Waals surface area contributed by atoms with E-state index in [1.54, 1.807) is 36.4 Å². The van der Waals surface area contributed by atoms with E-state index < -0.39 is 17.7 Å². The Kier molecular flexibility index (Phi) is 8.67. The molecule has 1 N–H and O–H groups in total. The van der Waals surface area contributed by atoms with Crippen molar-refractivity contribution in [3.8, 4) is 23.0 Å². The third kappa shape index (κ3) is 5.34. The monoisotopic (exact) mass is 545 g/mol. The highest BCUT2D eigenvalue weighted by atomic mass is 16.5. The summed E-state index contributed by atoms with van der Waals surface area (Å²) in [6.45, 7) is 8.63. The molecule has 0 bridgehead atoms. The normalized spacial score (nSPS) is 16.4. The van der Waals surface area contributed by atoms with Crippen molar-refractivity contribution in [3.63, 3.8) is 0 Å². The largest absolute Gasteiger partial charge is 0.507 e. The number of ketones is 1. The van der Waals surface area contributed by atoms with Gasteiger partial charge in [-0.1, -0.05) is 32.0 Å². The van der Waals surface area contributed by atoms with Gasteiger partial charge in [-0.2, -0.15) is 0 Å². The standard InChI is InChI=1S/C32H35NO7/c1-7-39-23-14-15-24(26(18-23)40-8-2)30(34)28-29(21-11-16-25(37-5)27(17-21)38-6)33(32(36)31(28)35)22-12-9-20(10-13-22)19(3)4/h9-19,29,34H,7-8H2,1-6H3/b30-28+. The molecule has 1 aliphatic rings. The maximum Gasteiger partial charge on any atom is 0.300 e. The maximum absolute atomic E-state index is 13.6. The van der Waals surface area contributed by atoms with E-state index in [0.717, 1.165) is 5.56 Å². The molecule has 4 rings (SSSR count). The molecule has 1 heterocycles. The van der Waals surface area contributed by atoms with Crippen LogP contribution in [0, 0.1) is 0 Å². The van der Waals surface area contributed by atoms with Crippen LogP contribution in [0.5, 0.6) is 23.0 Å². The Hall–Kier alpha value is -4.46. The Morgan fingerprint density at radius 1 is 0.850 bits per heavy atom. The van der Waals surface area contributed by atoms with Crippen LogP contribution in [-0.2, 0) is 9.59 Å². The molecule has 8 nitrogen and oxygen atoms in total. The lowest BCUT2D eigenvalue weighted by molar-refractivity contribution is -0.132. The molecule has 210 valence electrons. The number of hydrogen-bond donors (Lipinski definition) is 1. The summed E-state index contributed by atoms with van der Waals surface area (Å²) in [6, 6.07) is 16.7. The van der Waals surface area contributed by atoms with Crippen LogP contribution in [0.4, 0.5) is 5.69 Å². The van der Waals surface area contributed by atoms with Gasteiger partial charge in [0.25, 0.3) is 11.7 Å². The van der Waals surface area contributed by atoms with Crippen molar-refractivity contribution < 1.29 is 33.6 Å². The number of benzene rings is 3. The summed E-state index contributed by atoms with van der Waals surface area (Å²) < 4.78 is 22.3. The van der Waals surface area contributed by atoms with Crippen molar-refractivity contribution in [2.75, 3.05) is 32.3 Å². The number of amides is 1. The highest BCUT2D eigenvalue weighted by Crippen LogP contribution is 2.45. The molecule has 3 aromatic rings. The Morgan fingerprint density at radius 3 is 2.12 bits per heavy atom. The molecule has 0 spiro atoms. The molecule has 1 aliphatic heterocycles. The summed E-state index contributed by atoms with van der Waals surface area (Å²) in [5.74, 6) is 0.221. The molecular formula is C32H35NO7. The zero-order chi connectivity index (χ0) is 29.0. The van der Waals surface area contributed by atoms with E-state index in [0.29, 0.717) is 53.4 Å². The number of methoxy groups -OCH3 is 2.